The van der Waals surface area contributed by atoms with E-state index in [1.165, 1.54) is 11.1 Å². The molecule has 2 nitrogen and oxygen atoms in total. The molecule has 2 unspecified atom stereocenters. The molecule has 3 heteroatoms. The second kappa shape index (κ2) is 3.65. The zero-order valence-corrected chi connectivity index (χ0v) is 9.19. The average molecular weight is 287 g/mol. The van der Waals surface area contributed by atoms with Gasteiger partial charge in [0.2, 0.25) is 6.41 Å². The fourth-order valence-corrected chi connectivity index (χ4v) is 2.85. The predicted molar refractivity (Wildman–Crippen MR) is 59.9 cm³/mol. The number of fused-ring (bicyclic) bond motifs is 1. The van der Waals surface area contributed by atoms with Gasteiger partial charge in [0, 0.05) is 6.04 Å². The quantitative estimate of drug-likeness (QED) is 0.502. The highest BCUT2D eigenvalue weighted by Crippen LogP contribution is 2.37. The first-order valence-corrected chi connectivity index (χ1v) is 5.49. The van der Waals surface area contributed by atoms with Crippen molar-refractivity contribution in [2.75, 3.05) is 0 Å². The highest BCUT2D eigenvalue weighted by Gasteiger charge is 2.29. The maximum absolute atomic E-state index is 10.3. The van der Waals surface area contributed by atoms with E-state index in [1.54, 1.807) is 0 Å². The number of nitrogens with one attached hydrogen (secondary N) is 1. The lowest BCUT2D eigenvalue weighted by atomic mass is 10.1. The Morgan fingerprint density at radius 1 is 1.46 bits per heavy atom. The fourth-order valence-electron chi connectivity index (χ4n) is 1.78. The average Bonchev–Trinajstić information content (AvgIpc) is 2.46. The standard InChI is InChI=1S/C10H10INO/c11-10-8-4-2-1-3-7(8)5-9(10)12-6-13/h1-4,6,9-10H,5H2,(H,12,13). The lowest BCUT2D eigenvalue weighted by Crippen LogP contribution is -2.29. The van der Waals surface area contributed by atoms with Gasteiger partial charge in [-0.2, -0.15) is 0 Å². The first-order chi connectivity index (χ1) is 6.33. The van der Waals surface area contributed by atoms with E-state index in [2.05, 4.69) is 40.0 Å². The summed E-state index contributed by atoms with van der Waals surface area (Å²) in [4.78, 5) is 10.3. The van der Waals surface area contributed by atoms with Crippen LogP contribution in [-0.4, -0.2) is 12.5 Å². The van der Waals surface area contributed by atoms with Crippen LogP contribution in [0.25, 0.3) is 0 Å². The van der Waals surface area contributed by atoms with Gasteiger partial charge in [0.15, 0.2) is 0 Å². The van der Waals surface area contributed by atoms with Gasteiger partial charge in [-0.3, -0.25) is 4.79 Å². The van der Waals surface area contributed by atoms with E-state index in [-0.39, 0.29) is 6.04 Å². The van der Waals surface area contributed by atoms with Crippen LogP contribution in [0.4, 0.5) is 0 Å². The Labute approximate surface area is 90.9 Å². The molecule has 0 radical (unpaired) electrons. The van der Waals surface area contributed by atoms with Gasteiger partial charge in [0.25, 0.3) is 0 Å². The van der Waals surface area contributed by atoms with Crippen molar-refractivity contribution in [3.8, 4) is 0 Å². The van der Waals surface area contributed by atoms with Gasteiger partial charge in [0.1, 0.15) is 0 Å². The van der Waals surface area contributed by atoms with Crippen LogP contribution in [0.3, 0.4) is 0 Å². The molecule has 0 fully saturated rings. The van der Waals surface area contributed by atoms with Crippen LogP contribution in [0.5, 0.6) is 0 Å². The summed E-state index contributed by atoms with van der Waals surface area (Å²) >= 11 is 2.39. The third-order valence-corrected chi connectivity index (χ3v) is 3.97. The lowest BCUT2D eigenvalue weighted by Gasteiger charge is -2.12. The van der Waals surface area contributed by atoms with Gasteiger partial charge in [0.05, 0.1) is 3.92 Å². The summed E-state index contributed by atoms with van der Waals surface area (Å²) in [5.41, 5.74) is 2.73. The van der Waals surface area contributed by atoms with Gasteiger partial charge in [-0.05, 0) is 17.5 Å². The molecule has 0 heterocycles. The monoisotopic (exact) mass is 287 g/mol. The SMILES string of the molecule is O=CNC1Cc2ccccc2C1I. The molecule has 0 saturated carbocycles. The van der Waals surface area contributed by atoms with Crippen molar-refractivity contribution in [2.45, 2.75) is 16.4 Å². The first kappa shape index (κ1) is 8.99. The summed E-state index contributed by atoms with van der Waals surface area (Å²) in [5, 5.41) is 2.85. The van der Waals surface area contributed by atoms with E-state index in [1.807, 2.05) is 12.1 Å². The zero-order chi connectivity index (χ0) is 9.26. The molecule has 1 N–H and O–H groups in total. The van der Waals surface area contributed by atoms with Gasteiger partial charge < -0.3 is 5.32 Å². The summed E-state index contributed by atoms with van der Waals surface area (Å²) in [6.07, 6.45) is 1.75. The topological polar surface area (TPSA) is 29.1 Å². The maximum atomic E-state index is 10.3. The van der Waals surface area contributed by atoms with Crippen molar-refractivity contribution in [1.29, 1.82) is 0 Å². The maximum Gasteiger partial charge on any atom is 0.207 e. The lowest BCUT2D eigenvalue weighted by molar-refractivity contribution is -0.110. The highest BCUT2D eigenvalue weighted by molar-refractivity contribution is 14.1. The predicted octanol–water partition coefficient (Wildman–Crippen LogP) is 1.83. The normalized spacial score (nSPS) is 25.3. The summed E-state index contributed by atoms with van der Waals surface area (Å²) in [7, 11) is 0. The van der Waals surface area contributed by atoms with E-state index in [0.717, 1.165) is 12.8 Å². The number of benzene rings is 1. The first-order valence-electron chi connectivity index (χ1n) is 4.24. The molecule has 0 spiro atoms. The number of hydrogen-bond donors (Lipinski definition) is 1. The summed E-state index contributed by atoms with van der Waals surface area (Å²) in [6.45, 7) is 0. The van der Waals surface area contributed by atoms with Crippen molar-refractivity contribution >= 4 is 29.0 Å². The third kappa shape index (κ3) is 1.57. The van der Waals surface area contributed by atoms with Gasteiger partial charge >= 0.3 is 0 Å². The van der Waals surface area contributed by atoms with Crippen molar-refractivity contribution in [3.05, 3.63) is 35.4 Å². The molecule has 1 aromatic rings. The Morgan fingerprint density at radius 2 is 2.23 bits per heavy atom. The summed E-state index contributed by atoms with van der Waals surface area (Å²) < 4.78 is 0.416. The van der Waals surface area contributed by atoms with Crippen LogP contribution in [0.1, 0.15) is 15.1 Å². The molecule has 1 aromatic carbocycles. The number of rotatable bonds is 2. The Hall–Kier alpha value is -0.580. The van der Waals surface area contributed by atoms with E-state index in [0.29, 0.717) is 3.92 Å². The summed E-state index contributed by atoms with van der Waals surface area (Å²) in [5.74, 6) is 0. The molecule has 0 aromatic heterocycles. The molecular weight excluding hydrogens is 277 g/mol. The Balaban J connectivity index is 2.27. The molecule has 1 aliphatic carbocycles. The Kier molecular flexibility index (Phi) is 2.53. The second-order valence-electron chi connectivity index (χ2n) is 3.20. The number of carbonyl (C=O) groups is 1. The number of hydrogen-bond acceptors (Lipinski definition) is 1. The van der Waals surface area contributed by atoms with Gasteiger partial charge in [-0.15, -0.1) is 0 Å². The van der Waals surface area contributed by atoms with Crippen LogP contribution >= 0.6 is 22.6 Å². The molecule has 2 atom stereocenters. The number of carbonyl (C=O) groups excluding carboxylic acids is 1. The number of alkyl halides is 1. The van der Waals surface area contributed by atoms with Crippen molar-refractivity contribution in [2.24, 2.45) is 0 Å². The zero-order valence-electron chi connectivity index (χ0n) is 7.03. The minimum Gasteiger partial charge on any atom is -0.354 e. The molecule has 68 valence electrons. The molecule has 1 aliphatic rings. The van der Waals surface area contributed by atoms with E-state index >= 15 is 0 Å². The molecule has 2 rings (SSSR count). The molecule has 0 aliphatic heterocycles. The number of halogens is 1. The number of amides is 1. The molecule has 0 saturated heterocycles. The highest BCUT2D eigenvalue weighted by atomic mass is 127. The molecule has 13 heavy (non-hydrogen) atoms. The van der Waals surface area contributed by atoms with Crippen LogP contribution < -0.4 is 5.32 Å². The van der Waals surface area contributed by atoms with Crippen molar-refractivity contribution < 1.29 is 4.79 Å². The molecule has 1 amide bonds. The minimum absolute atomic E-state index is 0.274. The van der Waals surface area contributed by atoms with Crippen molar-refractivity contribution in [3.63, 3.8) is 0 Å². The second-order valence-corrected chi connectivity index (χ2v) is 4.54. The molecule has 0 bridgehead atoms. The van der Waals surface area contributed by atoms with E-state index < -0.39 is 0 Å². The Morgan fingerprint density at radius 3 is 2.92 bits per heavy atom. The third-order valence-electron chi connectivity index (χ3n) is 2.43. The smallest absolute Gasteiger partial charge is 0.207 e. The van der Waals surface area contributed by atoms with E-state index in [9.17, 15) is 4.79 Å². The van der Waals surface area contributed by atoms with Crippen molar-refractivity contribution in [1.82, 2.24) is 5.32 Å². The fraction of sp³-hybridized carbons (Fsp3) is 0.300. The van der Waals surface area contributed by atoms with Crippen LogP contribution in [0.2, 0.25) is 0 Å². The van der Waals surface area contributed by atoms with Crippen LogP contribution in [0, 0.1) is 0 Å². The van der Waals surface area contributed by atoms with Crippen LogP contribution in [-0.2, 0) is 11.2 Å². The van der Waals surface area contributed by atoms with E-state index in [4.69, 9.17) is 0 Å². The van der Waals surface area contributed by atoms with Gasteiger partial charge in [-0.25, -0.2) is 0 Å². The van der Waals surface area contributed by atoms with Gasteiger partial charge in [-0.1, -0.05) is 46.9 Å². The summed E-state index contributed by atoms with van der Waals surface area (Å²) in [6, 6.07) is 8.64. The minimum atomic E-state index is 0.274. The molecular formula is C10H10INO. The Bertz CT molecular complexity index is 326. The van der Waals surface area contributed by atoms with Crippen LogP contribution in [0.15, 0.2) is 24.3 Å². The largest absolute Gasteiger partial charge is 0.354 e.